The van der Waals surface area contributed by atoms with E-state index in [9.17, 15) is 29.4 Å². The fourth-order valence-electron chi connectivity index (χ4n) is 3.20. The molecule has 0 spiro atoms. The maximum absolute atomic E-state index is 12.3. The lowest BCUT2D eigenvalue weighted by molar-refractivity contribution is -0.169. The molecule has 0 aromatic heterocycles. The minimum absolute atomic E-state index is 0.139. The number of aliphatic hydroxyl groups excluding tert-OH is 2. The van der Waals surface area contributed by atoms with E-state index in [4.69, 9.17) is 0 Å². The van der Waals surface area contributed by atoms with Crippen molar-refractivity contribution in [3.05, 3.63) is 0 Å². The van der Waals surface area contributed by atoms with E-state index in [1.807, 2.05) is 0 Å². The molecule has 10 heteroatoms. The first-order chi connectivity index (χ1) is 10.9. The van der Waals surface area contributed by atoms with Crippen LogP contribution >= 0.6 is 0 Å². The smallest absolute Gasteiger partial charge is 0.334 e. The Balaban J connectivity index is 3.59. The van der Waals surface area contributed by atoms with Gasteiger partial charge in [-0.25, -0.2) is 9.59 Å². The normalized spacial score (nSPS) is 20.2. The summed E-state index contributed by atoms with van der Waals surface area (Å²) in [6.07, 6.45) is 0.626. The van der Waals surface area contributed by atoms with Gasteiger partial charge in [-0.1, -0.05) is 0 Å². The first-order valence-electron chi connectivity index (χ1n) is 6.73. The molecular weight excluding hydrogens is 312 g/mol. The van der Waals surface area contributed by atoms with Crippen LogP contribution in [0.1, 0.15) is 12.8 Å². The second kappa shape index (κ2) is 6.92. The number of rotatable bonds is 10. The van der Waals surface area contributed by atoms with Crippen LogP contribution in [0.3, 0.4) is 0 Å². The summed E-state index contributed by atoms with van der Waals surface area (Å²) in [5.41, 5.74) is -5.57. The Morgan fingerprint density at radius 3 is 1.52 bits per heavy atom. The largest absolute Gasteiger partial charge is 0.467 e. The number of hydrogen-bond acceptors (Lipinski definition) is 8. The van der Waals surface area contributed by atoms with Crippen molar-refractivity contribution in [1.82, 2.24) is 10.6 Å². The predicted octanol–water partition coefficient (Wildman–Crippen LogP) is -2.93. The minimum atomic E-state index is -2.03. The summed E-state index contributed by atoms with van der Waals surface area (Å²) in [5.74, 6) is -2.03. The zero-order valence-electron chi connectivity index (χ0n) is 12.8. The molecule has 1 aliphatic carbocycles. The molecule has 1 aliphatic rings. The van der Waals surface area contributed by atoms with Crippen molar-refractivity contribution in [2.75, 3.05) is 27.4 Å². The standard InChI is InChI=1S/C13H20N2O8/c1-22-9(20)12(5-16,14-7-18)11(3-4-11)13(6-17,15-8-19)10(21)23-2/h7-8,16-17H,3-6H2,1-2H3,(H,14,18)(H,15,19)/t12-,13-/m0/s1. The summed E-state index contributed by atoms with van der Waals surface area (Å²) < 4.78 is 9.29. The third kappa shape index (κ3) is 2.43. The zero-order valence-corrected chi connectivity index (χ0v) is 12.8. The van der Waals surface area contributed by atoms with Crippen molar-refractivity contribution < 1.29 is 38.9 Å². The molecule has 2 atom stereocenters. The van der Waals surface area contributed by atoms with Crippen LogP contribution < -0.4 is 10.6 Å². The first kappa shape index (κ1) is 18.8. The molecule has 0 bridgehead atoms. The maximum atomic E-state index is 12.3. The van der Waals surface area contributed by atoms with Gasteiger partial charge in [-0.3, -0.25) is 9.59 Å². The summed E-state index contributed by atoms with van der Waals surface area (Å²) >= 11 is 0. The number of carbonyl (C=O) groups excluding carboxylic acids is 4. The van der Waals surface area contributed by atoms with E-state index in [0.717, 1.165) is 14.2 Å². The van der Waals surface area contributed by atoms with Gasteiger partial charge in [0.25, 0.3) is 0 Å². The number of esters is 2. The lowest BCUT2D eigenvalue weighted by atomic mass is 9.67. The first-order valence-corrected chi connectivity index (χ1v) is 6.73. The average Bonchev–Trinajstić information content (AvgIpc) is 3.38. The molecule has 0 aromatic rings. The van der Waals surface area contributed by atoms with Crippen LogP contribution in [0.4, 0.5) is 0 Å². The molecule has 23 heavy (non-hydrogen) atoms. The highest BCUT2D eigenvalue weighted by Gasteiger charge is 2.76. The van der Waals surface area contributed by atoms with Gasteiger partial charge in [-0.05, 0) is 12.8 Å². The number of carbonyl (C=O) groups is 4. The Bertz CT molecular complexity index is 452. The van der Waals surface area contributed by atoms with Gasteiger partial charge in [0.15, 0.2) is 11.1 Å². The van der Waals surface area contributed by atoms with Crippen molar-refractivity contribution in [2.24, 2.45) is 5.41 Å². The zero-order chi connectivity index (χ0) is 17.7. The SMILES string of the molecule is COC(=O)[C@](CO)(NC=O)C1([C@@](CO)(NC=O)C(=O)OC)CC1. The molecule has 1 rings (SSSR count). The molecule has 0 unspecified atom stereocenters. The van der Waals surface area contributed by atoms with E-state index in [-0.39, 0.29) is 25.7 Å². The number of aliphatic hydroxyl groups is 2. The quantitative estimate of drug-likeness (QED) is 0.245. The van der Waals surface area contributed by atoms with E-state index in [2.05, 4.69) is 20.1 Å². The fraction of sp³-hybridized carbons (Fsp3) is 0.692. The van der Waals surface area contributed by atoms with Crippen LogP contribution in [-0.2, 0) is 28.7 Å². The Kier molecular flexibility index (Phi) is 5.67. The highest BCUT2D eigenvalue weighted by molar-refractivity contribution is 5.92. The molecule has 1 fully saturated rings. The molecule has 4 N–H and O–H groups in total. The van der Waals surface area contributed by atoms with Crippen LogP contribution in [0.2, 0.25) is 0 Å². The Labute approximate surface area is 132 Å². The van der Waals surface area contributed by atoms with Crippen molar-refractivity contribution in [1.29, 1.82) is 0 Å². The molecule has 0 radical (unpaired) electrons. The second-order valence-electron chi connectivity index (χ2n) is 5.22. The third-order valence-electron chi connectivity index (χ3n) is 4.54. The topological polar surface area (TPSA) is 151 Å². The van der Waals surface area contributed by atoms with Crippen molar-refractivity contribution in [2.45, 2.75) is 23.9 Å². The maximum Gasteiger partial charge on any atom is 0.334 e. The monoisotopic (exact) mass is 332 g/mol. The highest BCUT2D eigenvalue weighted by Crippen LogP contribution is 2.61. The van der Waals surface area contributed by atoms with Gasteiger partial charge in [0.1, 0.15) is 0 Å². The third-order valence-corrected chi connectivity index (χ3v) is 4.54. The molecule has 130 valence electrons. The number of ether oxygens (including phenoxy) is 2. The van der Waals surface area contributed by atoms with Crippen LogP contribution in [0, 0.1) is 5.41 Å². The molecule has 0 aliphatic heterocycles. The molecule has 1 saturated carbocycles. The lowest BCUT2D eigenvalue weighted by Crippen LogP contribution is -2.74. The summed E-state index contributed by atoms with van der Waals surface area (Å²) in [7, 11) is 2.09. The fourth-order valence-corrected chi connectivity index (χ4v) is 3.20. The number of amides is 2. The van der Waals surface area contributed by atoms with Gasteiger partial charge in [0.2, 0.25) is 12.8 Å². The Hall–Kier alpha value is -2.20. The average molecular weight is 332 g/mol. The van der Waals surface area contributed by atoms with Crippen LogP contribution in [0.5, 0.6) is 0 Å². The van der Waals surface area contributed by atoms with Gasteiger partial charge in [0.05, 0.1) is 27.4 Å². The van der Waals surface area contributed by atoms with Crippen LogP contribution in [0.15, 0.2) is 0 Å². The number of nitrogens with one attached hydrogen (secondary N) is 2. The summed E-state index contributed by atoms with van der Waals surface area (Å²) in [6.45, 7) is -1.81. The lowest BCUT2D eigenvalue weighted by Gasteiger charge is -2.46. The minimum Gasteiger partial charge on any atom is -0.467 e. The highest BCUT2D eigenvalue weighted by atomic mass is 16.5. The molecule has 0 saturated heterocycles. The van der Waals surface area contributed by atoms with Gasteiger partial charge in [-0.15, -0.1) is 0 Å². The van der Waals surface area contributed by atoms with Gasteiger partial charge < -0.3 is 30.3 Å². The molecule has 0 aromatic carbocycles. The summed E-state index contributed by atoms with van der Waals surface area (Å²) in [4.78, 5) is 46.5. The van der Waals surface area contributed by atoms with Gasteiger partial charge in [-0.2, -0.15) is 0 Å². The Morgan fingerprint density at radius 2 is 1.35 bits per heavy atom. The number of methoxy groups -OCH3 is 2. The molecule has 0 heterocycles. The second-order valence-corrected chi connectivity index (χ2v) is 5.22. The predicted molar refractivity (Wildman–Crippen MR) is 73.7 cm³/mol. The van der Waals surface area contributed by atoms with E-state index in [0.29, 0.717) is 0 Å². The van der Waals surface area contributed by atoms with Gasteiger partial charge in [0, 0.05) is 5.41 Å². The summed E-state index contributed by atoms with van der Waals surface area (Å²) in [5, 5.41) is 24.0. The van der Waals surface area contributed by atoms with Crippen molar-refractivity contribution in [3.8, 4) is 0 Å². The van der Waals surface area contributed by atoms with E-state index < -0.39 is 41.6 Å². The Morgan fingerprint density at radius 1 is 1.00 bits per heavy atom. The summed E-state index contributed by atoms with van der Waals surface area (Å²) in [6, 6.07) is 0. The number of hydrogen-bond donors (Lipinski definition) is 4. The van der Waals surface area contributed by atoms with Crippen LogP contribution in [-0.4, -0.2) is 73.5 Å². The van der Waals surface area contributed by atoms with E-state index >= 15 is 0 Å². The van der Waals surface area contributed by atoms with Crippen molar-refractivity contribution in [3.63, 3.8) is 0 Å². The van der Waals surface area contributed by atoms with Crippen LogP contribution in [0.25, 0.3) is 0 Å². The van der Waals surface area contributed by atoms with Crippen molar-refractivity contribution >= 4 is 24.8 Å². The van der Waals surface area contributed by atoms with Gasteiger partial charge >= 0.3 is 11.9 Å². The molecule has 2 amide bonds. The molecule has 10 nitrogen and oxygen atoms in total. The van der Waals surface area contributed by atoms with E-state index in [1.54, 1.807) is 0 Å². The molecular formula is C13H20N2O8. The van der Waals surface area contributed by atoms with E-state index in [1.165, 1.54) is 0 Å².